The molecule has 0 atom stereocenters. The van der Waals surface area contributed by atoms with E-state index in [0.29, 0.717) is 17.1 Å². The molecule has 18 heavy (non-hydrogen) atoms. The molecule has 1 N–H and O–H groups in total. The maximum Gasteiger partial charge on any atom is 0.177 e. The number of hydrogen-bond acceptors (Lipinski definition) is 5. The SMILES string of the molecule is CS(=O)(=O)c1ccccc1NCCc1nccs1. The Morgan fingerprint density at radius 1 is 1.33 bits per heavy atom. The molecule has 4 nitrogen and oxygen atoms in total. The van der Waals surface area contributed by atoms with Crippen molar-refractivity contribution in [2.24, 2.45) is 0 Å². The molecule has 1 heterocycles. The Balaban J connectivity index is 2.06. The van der Waals surface area contributed by atoms with Crippen LogP contribution in [0.5, 0.6) is 0 Å². The topological polar surface area (TPSA) is 59.1 Å². The van der Waals surface area contributed by atoms with Crippen molar-refractivity contribution in [1.82, 2.24) is 4.98 Å². The fourth-order valence-electron chi connectivity index (χ4n) is 1.62. The molecule has 0 spiro atoms. The lowest BCUT2D eigenvalue weighted by molar-refractivity contribution is 0.602. The molecule has 0 amide bonds. The number of nitrogens with zero attached hydrogens (tertiary/aromatic N) is 1. The minimum absolute atomic E-state index is 0.337. The lowest BCUT2D eigenvalue weighted by Crippen LogP contribution is -2.09. The zero-order valence-electron chi connectivity index (χ0n) is 9.96. The number of rotatable bonds is 5. The predicted molar refractivity (Wildman–Crippen MR) is 73.9 cm³/mol. The highest BCUT2D eigenvalue weighted by molar-refractivity contribution is 7.90. The summed E-state index contributed by atoms with van der Waals surface area (Å²) in [5.74, 6) is 0. The van der Waals surface area contributed by atoms with E-state index >= 15 is 0 Å². The van der Waals surface area contributed by atoms with E-state index in [4.69, 9.17) is 0 Å². The van der Waals surface area contributed by atoms with Gasteiger partial charge in [0.15, 0.2) is 9.84 Å². The van der Waals surface area contributed by atoms with Crippen molar-refractivity contribution >= 4 is 26.9 Å². The Morgan fingerprint density at radius 2 is 2.11 bits per heavy atom. The van der Waals surface area contributed by atoms with Crippen LogP contribution in [0.4, 0.5) is 5.69 Å². The van der Waals surface area contributed by atoms with Gasteiger partial charge in [-0.05, 0) is 12.1 Å². The third kappa shape index (κ3) is 3.30. The first kappa shape index (κ1) is 13.0. The highest BCUT2D eigenvalue weighted by atomic mass is 32.2. The van der Waals surface area contributed by atoms with Gasteiger partial charge in [0.1, 0.15) is 0 Å². The van der Waals surface area contributed by atoms with Crippen LogP contribution in [0.1, 0.15) is 5.01 Å². The van der Waals surface area contributed by atoms with E-state index in [1.165, 1.54) is 6.26 Å². The molecule has 0 unspecified atom stereocenters. The molecule has 1 aromatic carbocycles. The molecule has 0 radical (unpaired) electrons. The lowest BCUT2D eigenvalue weighted by Gasteiger charge is -2.09. The number of para-hydroxylation sites is 1. The van der Waals surface area contributed by atoms with Crippen molar-refractivity contribution in [2.45, 2.75) is 11.3 Å². The second kappa shape index (κ2) is 5.49. The summed E-state index contributed by atoms with van der Waals surface area (Å²) in [6.45, 7) is 0.667. The molecule has 1 aromatic heterocycles. The molecule has 0 saturated heterocycles. The molecule has 0 aliphatic carbocycles. The van der Waals surface area contributed by atoms with Gasteiger partial charge in [0.05, 0.1) is 15.6 Å². The minimum atomic E-state index is -3.19. The van der Waals surface area contributed by atoms with Crippen LogP contribution in [0.15, 0.2) is 40.7 Å². The fraction of sp³-hybridized carbons (Fsp3) is 0.250. The quantitative estimate of drug-likeness (QED) is 0.913. The Hall–Kier alpha value is -1.40. The first-order chi connectivity index (χ1) is 8.57. The normalized spacial score (nSPS) is 11.4. The second-order valence-corrected chi connectivity index (χ2v) is 6.83. The second-order valence-electron chi connectivity index (χ2n) is 3.87. The van der Waals surface area contributed by atoms with Gasteiger partial charge in [0.2, 0.25) is 0 Å². The molecule has 2 rings (SSSR count). The van der Waals surface area contributed by atoms with Crippen LogP contribution in [0.3, 0.4) is 0 Å². The largest absolute Gasteiger partial charge is 0.384 e. The molecule has 0 fully saturated rings. The van der Waals surface area contributed by atoms with E-state index in [1.54, 1.807) is 35.7 Å². The van der Waals surface area contributed by atoms with E-state index < -0.39 is 9.84 Å². The minimum Gasteiger partial charge on any atom is -0.384 e. The lowest BCUT2D eigenvalue weighted by atomic mass is 10.3. The Morgan fingerprint density at radius 3 is 2.78 bits per heavy atom. The number of nitrogens with one attached hydrogen (secondary N) is 1. The molecule has 6 heteroatoms. The molecular weight excluding hydrogens is 268 g/mol. The number of anilines is 1. The van der Waals surface area contributed by atoms with Crippen LogP contribution in [-0.4, -0.2) is 26.2 Å². The van der Waals surface area contributed by atoms with E-state index in [2.05, 4.69) is 10.3 Å². The molecule has 0 aliphatic heterocycles. The number of aromatic nitrogens is 1. The predicted octanol–water partition coefficient (Wildman–Crippen LogP) is 2.20. The summed E-state index contributed by atoms with van der Waals surface area (Å²) >= 11 is 1.60. The highest BCUT2D eigenvalue weighted by Gasteiger charge is 2.11. The van der Waals surface area contributed by atoms with Crippen LogP contribution < -0.4 is 5.32 Å². The number of sulfone groups is 1. The zero-order chi connectivity index (χ0) is 13.0. The van der Waals surface area contributed by atoms with Crippen LogP contribution >= 0.6 is 11.3 Å². The maximum atomic E-state index is 11.6. The molecule has 0 aliphatic rings. The van der Waals surface area contributed by atoms with Crippen molar-refractivity contribution in [3.63, 3.8) is 0 Å². The summed E-state index contributed by atoms with van der Waals surface area (Å²) in [6.07, 6.45) is 3.77. The van der Waals surface area contributed by atoms with Crippen LogP contribution in [0.2, 0.25) is 0 Å². The number of hydrogen-bond donors (Lipinski definition) is 1. The summed E-state index contributed by atoms with van der Waals surface area (Å²) in [5, 5.41) is 6.12. The van der Waals surface area contributed by atoms with Crippen LogP contribution in [0, 0.1) is 0 Å². The first-order valence-corrected chi connectivity index (χ1v) is 8.26. The van der Waals surface area contributed by atoms with Crippen LogP contribution in [0.25, 0.3) is 0 Å². The van der Waals surface area contributed by atoms with Gasteiger partial charge in [0, 0.05) is 30.8 Å². The van der Waals surface area contributed by atoms with E-state index in [0.717, 1.165) is 11.4 Å². The molecule has 2 aromatic rings. The first-order valence-electron chi connectivity index (χ1n) is 5.49. The zero-order valence-corrected chi connectivity index (χ0v) is 11.6. The van der Waals surface area contributed by atoms with Crippen molar-refractivity contribution in [1.29, 1.82) is 0 Å². The summed E-state index contributed by atoms with van der Waals surface area (Å²) in [5.41, 5.74) is 0.650. The monoisotopic (exact) mass is 282 g/mol. The Kier molecular flexibility index (Phi) is 3.98. The van der Waals surface area contributed by atoms with Gasteiger partial charge in [-0.15, -0.1) is 11.3 Å². The molecule has 0 saturated carbocycles. The molecule has 0 bridgehead atoms. The average Bonchev–Trinajstić information content (AvgIpc) is 2.81. The van der Waals surface area contributed by atoms with Gasteiger partial charge in [0.25, 0.3) is 0 Å². The van der Waals surface area contributed by atoms with Gasteiger partial charge in [-0.3, -0.25) is 0 Å². The standard InChI is InChI=1S/C12H14N2O2S2/c1-18(15,16)11-5-3-2-4-10(11)13-7-6-12-14-8-9-17-12/h2-5,8-9,13H,6-7H2,1H3. The van der Waals surface area contributed by atoms with Crippen molar-refractivity contribution < 1.29 is 8.42 Å². The summed E-state index contributed by atoms with van der Waals surface area (Å²) in [6, 6.07) is 6.93. The highest BCUT2D eigenvalue weighted by Crippen LogP contribution is 2.20. The Labute approximate surface area is 111 Å². The fourth-order valence-corrected chi connectivity index (χ4v) is 3.10. The summed E-state index contributed by atoms with van der Waals surface area (Å²) in [7, 11) is -3.19. The van der Waals surface area contributed by atoms with Crippen molar-refractivity contribution in [2.75, 3.05) is 18.1 Å². The molecular formula is C12H14N2O2S2. The van der Waals surface area contributed by atoms with E-state index in [-0.39, 0.29) is 0 Å². The van der Waals surface area contributed by atoms with Crippen molar-refractivity contribution in [3.8, 4) is 0 Å². The van der Waals surface area contributed by atoms with Gasteiger partial charge in [-0.25, -0.2) is 13.4 Å². The van der Waals surface area contributed by atoms with Gasteiger partial charge in [-0.2, -0.15) is 0 Å². The third-order valence-electron chi connectivity index (χ3n) is 2.42. The van der Waals surface area contributed by atoms with Crippen LogP contribution in [-0.2, 0) is 16.3 Å². The molecule has 96 valence electrons. The van der Waals surface area contributed by atoms with E-state index in [1.807, 2.05) is 11.4 Å². The summed E-state index contributed by atoms with van der Waals surface area (Å²) in [4.78, 5) is 4.52. The summed E-state index contributed by atoms with van der Waals surface area (Å²) < 4.78 is 23.2. The number of thiazole rings is 1. The van der Waals surface area contributed by atoms with Crippen molar-refractivity contribution in [3.05, 3.63) is 40.8 Å². The number of benzene rings is 1. The average molecular weight is 282 g/mol. The van der Waals surface area contributed by atoms with Gasteiger partial charge < -0.3 is 5.32 Å². The van der Waals surface area contributed by atoms with E-state index in [9.17, 15) is 8.42 Å². The Bertz CT molecular complexity index is 607. The van der Waals surface area contributed by atoms with Gasteiger partial charge in [-0.1, -0.05) is 12.1 Å². The third-order valence-corrected chi connectivity index (χ3v) is 4.42. The van der Waals surface area contributed by atoms with Gasteiger partial charge >= 0.3 is 0 Å². The smallest absolute Gasteiger partial charge is 0.177 e. The maximum absolute atomic E-state index is 11.6.